The third-order valence-electron chi connectivity index (χ3n) is 2.61. The summed E-state index contributed by atoms with van der Waals surface area (Å²) in [6.07, 6.45) is 3.13. The molecule has 5 heteroatoms. The minimum absolute atomic E-state index is 0.392. The van der Waals surface area contributed by atoms with Crippen molar-refractivity contribution >= 4 is 32.6 Å². The molecular formula is C13H15IO4. The molecule has 0 radical (unpaired) electrons. The fourth-order valence-corrected chi connectivity index (χ4v) is 5.35. The molecule has 0 spiro atoms. The molecule has 0 fully saturated rings. The number of hydrogen-bond acceptors (Lipinski definition) is 4. The van der Waals surface area contributed by atoms with Crippen LogP contribution in [-0.2, 0) is 28.6 Å². The van der Waals surface area contributed by atoms with E-state index in [1.807, 2.05) is 12.1 Å². The number of hydrogen-bond donors (Lipinski definition) is 0. The summed E-state index contributed by atoms with van der Waals surface area (Å²) in [7, 11) is 0. The molecule has 0 saturated heterocycles. The molecule has 0 bridgehead atoms. The Morgan fingerprint density at radius 3 is 2.39 bits per heavy atom. The van der Waals surface area contributed by atoms with Crippen molar-refractivity contribution in [2.24, 2.45) is 0 Å². The quantitative estimate of drug-likeness (QED) is 0.776. The van der Waals surface area contributed by atoms with E-state index in [1.54, 1.807) is 0 Å². The maximum absolute atomic E-state index is 11.1. The summed E-state index contributed by atoms with van der Waals surface area (Å²) >= 11 is -2.65. The summed E-state index contributed by atoms with van der Waals surface area (Å²) in [6, 6.07) is 5.94. The molecule has 98 valence electrons. The van der Waals surface area contributed by atoms with Crippen LogP contribution in [0.15, 0.2) is 18.2 Å². The van der Waals surface area contributed by atoms with Gasteiger partial charge in [-0.2, -0.15) is 0 Å². The monoisotopic (exact) mass is 362 g/mol. The van der Waals surface area contributed by atoms with E-state index in [1.165, 1.54) is 25.0 Å². The van der Waals surface area contributed by atoms with Gasteiger partial charge in [0, 0.05) is 0 Å². The second-order valence-electron chi connectivity index (χ2n) is 4.09. The summed E-state index contributed by atoms with van der Waals surface area (Å²) in [6.45, 7) is 2.69. The van der Waals surface area contributed by atoms with Crippen molar-refractivity contribution in [1.29, 1.82) is 0 Å². The molecule has 4 nitrogen and oxygen atoms in total. The molecule has 1 aromatic carbocycles. The molecule has 0 aromatic heterocycles. The van der Waals surface area contributed by atoms with Gasteiger partial charge in [0.1, 0.15) is 0 Å². The first-order valence-corrected chi connectivity index (χ1v) is 8.61. The van der Waals surface area contributed by atoms with Crippen molar-refractivity contribution in [3.8, 4) is 0 Å². The van der Waals surface area contributed by atoms with Gasteiger partial charge in [-0.15, -0.1) is 0 Å². The number of carbonyl (C=O) groups is 2. The second-order valence-corrected chi connectivity index (χ2v) is 7.37. The Labute approximate surface area is 114 Å². The molecule has 0 heterocycles. The molecule has 0 aliphatic heterocycles. The van der Waals surface area contributed by atoms with E-state index in [-0.39, 0.29) is 0 Å². The zero-order chi connectivity index (χ0) is 13.1. The first-order valence-electron chi connectivity index (χ1n) is 5.77. The first-order chi connectivity index (χ1) is 8.58. The van der Waals surface area contributed by atoms with E-state index in [0.717, 1.165) is 22.8 Å². The SMILES string of the molecule is CC(=O)OI(OC(C)=O)c1cccc2c1CCC2. The summed E-state index contributed by atoms with van der Waals surface area (Å²) in [4.78, 5) is 22.3. The zero-order valence-corrected chi connectivity index (χ0v) is 12.5. The average Bonchev–Trinajstić information content (AvgIpc) is 2.74. The van der Waals surface area contributed by atoms with E-state index in [0.29, 0.717) is 0 Å². The third kappa shape index (κ3) is 3.01. The van der Waals surface area contributed by atoms with Crippen LogP contribution < -0.4 is 0 Å². The van der Waals surface area contributed by atoms with Crippen LogP contribution in [0.25, 0.3) is 0 Å². The van der Waals surface area contributed by atoms with E-state index in [4.69, 9.17) is 6.13 Å². The van der Waals surface area contributed by atoms with Crippen molar-refractivity contribution in [3.63, 3.8) is 0 Å². The number of fused-ring (bicyclic) bond motifs is 1. The van der Waals surface area contributed by atoms with Gasteiger partial charge in [0.05, 0.1) is 0 Å². The molecular weight excluding hydrogens is 347 g/mol. The second kappa shape index (κ2) is 5.69. The Kier molecular flexibility index (Phi) is 4.21. The maximum atomic E-state index is 11.1. The molecule has 1 aliphatic rings. The number of carbonyl (C=O) groups excluding carboxylic acids is 2. The van der Waals surface area contributed by atoms with Crippen molar-refractivity contribution in [1.82, 2.24) is 0 Å². The number of halogens is 1. The normalized spacial score (nSPS) is 13.8. The average molecular weight is 362 g/mol. The van der Waals surface area contributed by atoms with E-state index >= 15 is 0 Å². The van der Waals surface area contributed by atoms with Gasteiger partial charge in [0.2, 0.25) is 0 Å². The Morgan fingerprint density at radius 1 is 1.11 bits per heavy atom. The van der Waals surface area contributed by atoms with Crippen LogP contribution >= 0.6 is 20.6 Å². The summed E-state index contributed by atoms with van der Waals surface area (Å²) in [5.74, 6) is -0.783. The van der Waals surface area contributed by atoms with Gasteiger partial charge in [-0.05, 0) is 0 Å². The van der Waals surface area contributed by atoms with Gasteiger partial charge in [0.25, 0.3) is 0 Å². The minimum atomic E-state index is -2.65. The van der Waals surface area contributed by atoms with Crippen molar-refractivity contribution in [2.45, 2.75) is 33.1 Å². The number of aryl methyl sites for hydroxylation is 1. The van der Waals surface area contributed by atoms with Gasteiger partial charge in [-0.3, -0.25) is 0 Å². The van der Waals surface area contributed by atoms with Gasteiger partial charge >= 0.3 is 114 Å². The van der Waals surface area contributed by atoms with Gasteiger partial charge < -0.3 is 0 Å². The summed E-state index contributed by atoms with van der Waals surface area (Å²) < 4.78 is 11.4. The van der Waals surface area contributed by atoms with Crippen LogP contribution in [0.5, 0.6) is 0 Å². The molecule has 0 atom stereocenters. The van der Waals surface area contributed by atoms with Crippen LogP contribution in [0, 0.1) is 3.57 Å². The Balaban J connectivity index is 2.32. The van der Waals surface area contributed by atoms with Crippen LogP contribution in [-0.4, -0.2) is 11.9 Å². The topological polar surface area (TPSA) is 52.6 Å². The molecule has 0 unspecified atom stereocenters. The van der Waals surface area contributed by atoms with Crippen LogP contribution in [0.2, 0.25) is 0 Å². The van der Waals surface area contributed by atoms with Gasteiger partial charge in [-0.1, -0.05) is 0 Å². The predicted octanol–water partition coefficient (Wildman–Crippen LogP) is 2.81. The van der Waals surface area contributed by atoms with Crippen molar-refractivity contribution in [3.05, 3.63) is 32.9 Å². The van der Waals surface area contributed by atoms with E-state index in [2.05, 4.69) is 6.07 Å². The van der Waals surface area contributed by atoms with Crippen molar-refractivity contribution in [2.75, 3.05) is 0 Å². The Hall–Kier alpha value is -1.11. The number of rotatable bonds is 3. The molecule has 18 heavy (non-hydrogen) atoms. The predicted molar refractivity (Wildman–Crippen MR) is 74.7 cm³/mol. The number of benzene rings is 1. The third-order valence-corrected chi connectivity index (χ3v) is 6.61. The van der Waals surface area contributed by atoms with Crippen LogP contribution in [0.1, 0.15) is 31.4 Å². The summed E-state index contributed by atoms with van der Waals surface area (Å²) in [5, 5.41) is 0. The van der Waals surface area contributed by atoms with Gasteiger partial charge in [0.15, 0.2) is 0 Å². The standard InChI is InChI=1S/C13H15IO4/c1-9(15)17-14(18-10(2)16)13-8-4-6-11-5-3-7-12(11)13/h4,6,8H,3,5,7H2,1-2H3. The molecule has 1 aliphatic carbocycles. The Morgan fingerprint density at radius 2 is 1.78 bits per heavy atom. The molecule has 1 aromatic rings. The molecule has 0 amide bonds. The van der Waals surface area contributed by atoms with E-state index < -0.39 is 32.6 Å². The van der Waals surface area contributed by atoms with Crippen molar-refractivity contribution < 1.29 is 15.7 Å². The van der Waals surface area contributed by atoms with Crippen LogP contribution in [0.3, 0.4) is 0 Å². The fraction of sp³-hybridized carbons (Fsp3) is 0.385. The van der Waals surface area contributed by atoms with E-state index in [9.17, 15) is 9.59 Å². The fourth-order valence-electron chi connectivity index (χ4n) is 2.01. The van der Waals surface area contributed by atoms with Gasteiger partial charge in [-0.25, -0.2) is 0 Å². The molecule has 0 saturated carbocycles. The molecule has 0 N–H and O–H groups in total. The first kappa shape index (κ1) is 13.3. The van der Waals surface area contributed by atoms with Crippen LogP contribution in [0.4, 0.5) is 0 Å². The summed E-state index contributed by atoms with van der Waals surface area (Å²) in [5.41, 5.74) is 2.50. The zero-order valence-electron chi connectivity index (χ0n) is 10.4. The Bertz CT molecular complexity index is 468. The molecule has 2 rings (SSSR count).